The van der Waals surface area contributed by atoms with Gasteiger partial charge in [0.1, 0.15) is 0 Å². The highest BCUT2D eigenvalue weighted by atomic mass is 16.4. The Kier molecular flexibility index (Phi) is 4.23. The molecular formula is C16H20N2O2. The maximum atomic E-state index is 10.9. The molecule has 0 aliphatic carbocycles. The maximum Gasteiger partial charge on any atom is 0.307 e. The Morgan fingerprint density at radius 1 is 1.35 bits per heavy atom. The second-order valence-corrected chi connectivity index (χ2v) is 5.18. The van der Waals surface area contributed by atoms with Crippen molar-refractivity contribution in [1.82, 2.24) is 10.2 Å². The molecule has 4 nitrogen and oxygen atoms in total. The Balaban J connectivity index is 2.34. The molecule has 1 aromatic carbocycles. The van der Waals surface area contributed by atoms with Crippen molar-refractivity contribution < 1.29 is 9.90 Å². The van der Waals surface area contributed by atoms with Crippen molar-refractivity contribution in [3.63, 3.8) is 0 Å². The van der Waals surface area contributed by atoms with E-state index < -0.39 is 5.97 Å². The summed E-state index contributed by atoms with van der Waals surface area (Å²) < 4.78 is 0. The molecule has 1 heterocycles. The minimum absolute atomic E-state index is 0.00915. The van der Waals surface area contributed by atoms with Crippen LogP contribution in [0.4, 0.5) is 0 Å². The van der Waals surface area contributed by atoms with Gasteiger partial charge in [-0.1, -0.05) is 38.1 Å². The molecule has 0 aliphatic heterocycles. The van der Waals surface area contributed by atoms with Gasteiger partial charge in [0, 0.05) is 16.8 Å². The van der Waals surface area contributed by atoms with E-state index in [1.165, 1.54) is 5.56 Å². The van der Waals surface area contributed by atoms with E-state index in [4.69, 9.17) is 5.11 Å². The predicted molar refractivity (Wildman–Crippen MR) is 78.8 cm³/mol. The third kappa shape index (κ3) is 2.90. The molecule has 106 valence electrons. The molecule has 0 spiro atoms. The molecular weight excluding hydrogens is 252 g/mol. The highest BCUT2D eigenvalue weighted by Gasteiger charge is 2.15. The van der Waals surface area contributed by atoms with E-state index in [1.807, 2.05) is 19.1 Å². The Labute approximate surface area is 118 Å². The van der Waals surface area contributed by atoms with Crippen LogP contribution in [0.2, 0.25) is 0 Å². The largest absolute Gasteiger partial charge is 0.481 e. The van der Waals surface area contributed by atoms with Gasteiger partial charge in [-0.05, 0) is 24.8 Å². The van der Waals surface area contributed by atoms with Crippen LogP contribution >= 0.6 is 0 Å². The van der Waals surface area contributed by atoms with Crippen molar-refractivity contribution in [3.05, 3.63) is 41.1 Å². The summed E-state index contributed by atoms with van der Waals surface area (Å²) in [6, 6.07) is 8.22. The first-order chi connectivity index (χ1) is 9.52. The number of nitrogens with zero attached hydrogens (tertiary/aromatic N) is 1. The standard InChI is InChI=1S/C16H20N2O2/c1-4-10(2)12-5-7-13(8-6-12)16-14(9-15(19)20)11(3)17-18-16/h5-8,10H,4,9H2,1-3H3,(H,17,18)(H,19,20). The number of nitrogens with one attached hydrogen (secondary N) is 1. The fourth-order valence-corrected chi connectivity index (χ4v) is 2.26. The second-order valence-electron chi connectivity index (χ2n) is 5.18. The number of rotatable bonds is 5. The number of carboxylic acids is 1. The molecule has 0 saturated heterocycles. The van der Waals surface area contributed by atoms with Gasteiger partial charge in [0.05, 0.1) is 12.1 Å². The zero-order valence-electron chi connectivity index (χ0n) is 12.1. The van der Waals surface area contributed by atoms with E-state index in [0.29, 0.717) is 5.92 Å². The Hall–Kier alpha value is -2.10. The number of carbonyl (C=O) groups is 1. The number of carboxylic acid groups (broad SMARTS) is 1. The lowest BCUT2D eigenvalue weighted by Gasteiger charge is -2.09. The zero-order valence-corrected chi connectivity index (χ0v) is 12.1. The van der Waals surface area contributed by atoms with Gasteiger partial charge in [-0.25, -0.2) is 0 Å². The third-order valence-corrected chi connectivity index (χ3v) is 3.77. The molecule has 0 radical (unpaired) electrons. The van der Waals surface area contributed by atoms with Crippen molar-refractivity contribution >= 4 is 5.97 Å². The van der Waals surface area contributed by atoms with Crippen LogP contribution in [0.5, 0.6) is 0 Å². The minimum Gasteiger partial charge on any atom is -0.481 e. The quantitative estimate of drug-likeness (QED) is 0.875. The van der Waals surface area contributed by atoms with Crippen molar-refractivity contribution in [2.24, 2.45) is 0 Å². The van der Waals surface area contributed by atoms with Gasteiger partial charge in [-0.15, -0.1) is 0 Å². The topological polar surface area (TPSA) is 66.0 Å². The van der Waals surface area contributed by atoms with E-state index in [9.17, 15) is 4.79 Å². The predicted octanol–water partition coefficient (Wildman–Crippen LogP) is 3.53. The molecule has 2 N–H and O–H groups in total. The van der Waals surface area contributed by atoms with Crippen molar-refractivity contribution in [1.29, 1.82) is 0 Å². The second kappa shape index (κ2) is 5.90. The number of hydrogen-bond acceptors (Lipinski definition) is 2. The fraction of sp³-hybridized carbons (Fsp3) is 0.375. The fourth-order valence-electron chi connectivity index (χ4n) is 2.26. The van der Waals surface area contributed by atoms with Crippen molar-refractivity contribution in [2.75, 3.05) is 0 Å². The number of aryl methyl sites for hydroxylation is 1. The average molecular weight is 272 g/mol. The van der Waals surface area contributed by atoms with Crippen LogP contribution in [0, 0.1) is 6.92 Å². The van der Waals surface area contributed by atoms with Gasteiger partial charge in [-0.3, -0.25) is 9.89 Å². The summed E-state index contributed by atoms with van der Waals surface area (Å²) in [6.45, 7) is 6.21. The first-order valence-electron chi connectivity index (χ1n) is 6.88. The van der Waals surface area contributed by atoms with E-state index in [2.05, 4.69) is 36.2 Å². The molecule has 2 rings (SSSR count). The smallest absolute Gasteiger partial charge is 0.307 e. The molecule has 1 unspecified atom stereocenters. The molecule has 1 aromatic heterocycles. The van der Waals surface area contributed by atoms with E-state index in [0.717, 1.165) is 28.9 Å². The van der Waals surface area contributed by atoms with Crippen LogP contribution in [-0.2, 0) is 11.2 Å². The summed E-state index contributed by atoms with van der Waals surface area (Å²) in [5.74, 6) is -0.310. The lowest BCUT2D eigenvalue weighted by atomic mass is 9.96. The van der Waals surface area contributed by atoms with E-state index in [1.54, 1.807) is 0 Å². The van der Waals surface area contributed by atoms with E-state index >= 15 is 0 Å². The van der Waals surface area contributed by atoms with Crippen LogP contribution in [0.3, 0.4) is 0 Å². The molecule has 4 heteroatoms. The van der Waals surface area contributed by atoms with Gasteiger partial charge < -0.3 is 5.11 Å². The lowest BCUT2D eigenvalue weighted by molar-refractivity contribution is -0.136. The molecule has 0 saturated carbocycles. The van der Waals surface area contributed by atoms with Gasteiger partial charge in [0.2, 0.25) is 0 Å². The SMILES string of the molecule is CCC(C)c1ccc(-c2n[nH]c(C)c2CC(=O)O)cc1. The molecule has 0 amide bonds. The number of H-pyrrole nitrogens is 1. The first kappa shape index (κ1) is 14.3. The summed E-state index contributed by atoms with van der Waals surface area (Å²) in [5, 5.41) is 16.1. The summed E-state index contributed by atoms with van der Waals surface area (Å²) in [4.78, 5) is 10.9. The summed E-state index contributed by atoms with van der Waals surface area (Å²) in [7, 11) is 0. The summed E-state index contributed by atoms with van der Waals surface area (Å²) >= 11 is 0. The lowest BCUT2D eigenvalue weighted by Crippen LogP contribution is -2.02. The highest BCUT2D eigenvalue weighted by molar-refractivity contribution is 5.75. The van der Waals surface area contributed by atoms with Crippen LogP contribution in [-0.4, -0.2) is 21.3 Å². The van der Waals surface area contributed by atoms with Crippen molar-refractivity contribution in [3.8, 4) is 11.3 Å². The molecule has 0 aliphatic rings. The minimum atomic E-state index is -0.841. The van der Waals surface area contributed by atoms with Crippen LogP contribution in [0.25, 0.3) is 11.3 Å². The Morgan fingerprint density at radius 3 is 2.55 bits per heavy atom. The molecule has 0 fully saturated rings. The molecule has 1 atom stereocenters. The Morgan fingerprint density at radius 2 is 2.00 bits per heavy atom. The monoisotopic (exact) mass is 272 g/mol. The summed E-state index contributed by atoms with van der Waals surface area (Å²) in [5.41, 5.74) is 4.56. The molecule has 0 bridgehead atoms. The number of aromatic amines is 1. The Bertz CT molecular complexity index is 599. The zero-order chi connectivity index (χ0) is 14.7. The number of aromatic nitrogens is 2. The first-order valence-corrected chi connectivity index (χ1v) is 6.88. The normalized spacial score (nSPS) is 12.3. The maximum absolute atomic E-state index is 10.9. The van der Waals surface area contributed by atoms with Crippen LogP contribution in [0.15, 0.2) is 24.3 Å². The van der Waals surface area contributed by atoms with E-state index in [-0.39, 0.29) is 6.42 Å². The number of aliphatic carboxylic acids is 1. The van der Waals surface area contributed by atoms with Gasteiger partial charge in [-0.2, -0.15) is 5.10 Å². The molecule has 2 aromatic rings. The highest BCUT2D eigenvalue weighted by Crippen LogP contribution is 2.26. The van der Waals surface area contributed by atoms with Gasteiger partial charge in [0.15, 0.2) is 0 Å². The van der Waals surface area contributed by atoms with Gasteiger partial charge in [0.25, 0.3) is 0 Å². The van der Waals surface area contributed by atoms with Gasteiger partial charge >= 0.3 is 5.97 Å². The number of benzene rings is 1. The summed E-state index contributed by atoms with van der Waals surface area (Å²) in [6.07, 6.45) is 1.09. The molecule has 20 heavy (non-hydrogen) atoms. The van der Waals surface area contributed by atoms with Crippen LogP contribution in [0.1, 0.15) is 43.0 Å². The average Bonchev–Trinajstić information content (AvgIpc) is 2.79. The van der Waals surface area contributed by atoms with Crippen LogP contribution < -0.4 is 0 Å². The van der Waals surface area contributed by atoms with Crippen molar-refractivity contribution in [2.45, 2.75) is 39.5 Å². The third-order valence-electron chi connectivity index (χ3n) is 3.77. The number of hydrogen-bond donors (Lipinski definition) is 2.